The summed E-state index contributed by atoms with van der Waals surface area (Å²) in [5.41, 5.74) is 1.74. The van der Waals surface area contributed by atoms with Gasteiger partial charge in [0.25, 0.3) is 0 Å². The molecule has 108 valence electrons. The van der Waals surface area contributed by atoms with Crippen molar-refractivity contribution in [2.24, 2.45) is 0 Å². The van der Waals surface area contributed by atoms with Crippen molar-refractivity contribution in [2.75, 3.05) is 0 Å². The maximum atomic E-state index is 13.0. The van der Waals surface area contributed by atoms with Gasteiger partial charge < -0.3 is 0 Å². The molecule has 1 aliphatic carbocycles. The number of aryl methyl sites for hydroxylation is 1. The normalized spacial score (nSPS) is 14.5. The fraction of sp³-hybridized carbons (Fsp3) is 0.125. The Morgan fingerprint density at radius 1 is 1.05 bits per heavy atom. The molecule has 0 atom stereocenters. The monoisotopic (exact) mass is 366 g/mol. The van der Waals surface area contributed by atoms with E-state index in [0.717, 1.165) is 22.0 Å². The zero-order chi connectivity index (χ0) is 15.0. The molecule has 0 N–H and O–H groups in total. The SMILES string of the molecule is O=S(=O)(C1=CCCc2cc(Br)ccc21)c1ccc(F)cc1. The summed E-state index contributed by atoms with van der Waals surface area (Å²) in [5.74, 6) is -0.448. The predicted molar refractivity (Wildman–Crippen MR) is 84.0 cm³/mol. The van der Waals surface area contributed by atoms with Crippen molar-refractivity contribution < 1.29 is 12.8 Å². The summed E-state index contributed by atoms with van der Waals surface area (Å²) in [6.45, 7) is 0. The number of benzene rings is 2. The fourth-order valence-corrected chi connectivity index (χ4v) is 4.46. The summed E-state index contributed by atoms with van der Waals surface area (Å²) in [5, 5.41) is 0. The first-order valence-corrected chi connectivity index (χ1v) is 8.76. The molecule has 21 heavy (non-hydrogen) atoms. The first kappa shape index (κ1) is 14.5. The van der Waals surface area contributed by atoms with E-state index in [1.807, 2.05) is 18.2 Å². The van der Waals surface area contributed by atoms with Gasteiger partial charge in [0.15, 0.2) is 0 Å². The van der Waals surface area contributed by atoms with Gasteiger partial charge in [0.2, 0.25) is 9.84 Å². The van der Waals surface area contributed by atoms with Crippen LogP contribution in [0.25, 0.3) is 4.91 Å². The lowest BCUT2D eigenvalue weighted by Gasteiger charge is -2.18. The first-order valence-electron chi connectivity index (χ1n) is 6.48. The molecule has 3 rings (SSSR count). The highest BCUT2D eigenvalue weighted by Crippen LogP contribution is 2.35. The van der Waals surface area contributed by atoms with Gasteiger partial charge in [-0.2, -0.15) is 0 Å². The van der Waals surface area contributed by atoms with E-state index >= 15 is 0 Å². The largest absolute Gasteiger partial charge is 0.219 e. The molecule has 5 heteroatoms. The fourth-order valence-electron chi connectivity index (χ4n) is 2.47. The van der Waals surface area contributed by atoms with Crippen LogP contribution in [-0.2, 0) is 16.3 Å². The topological polar surface area (TPSA) is 34.1 Å². The van der Waals surface area contributed by atoms with Crippen molar-refractivity contribution in [2.45, 2.75) is 17.7 Å². The molecular weight excluding hydrogens is 355 g/mol. The van der Waals surface area contributed by atoms with E-state index in [9.17, 15) is 12.8 Å². The third kappa shape index (κ3) is 2.68. The summed E-state index contributed by atoms with van der Waals surface area (Å²) in [4.78, 5) is 0.425. The van der Waals surface area contributed by atoms with Gasteiger partial charge in [0.1, 0.15) is 5.82 Å². The van der Waals surface area contributed by atoms with E-state index in [1.165, 1.54) is 24.3 Å². The summed E-state index contributed by atoms with van der Waals surface area (Å²) in [6.07, 6.45) is 3.24. The van der Waals surface area contributed by atoms with E-state index in [4.69, 9.17) is 0 Å². The molecule has 2 nitrogen and oxygen atoms in total. The highest BCUT2D eigenvalue weighted by molar-refractivity contribution is 9.10. The van der Waals surface area contributed by atoms with Gasteiger partial charge in [-0.15, -0.1) is 0 Å². The number of sulfone groups is 1. The van der Waals surface area contributed by atoms with Crippen LogP contribution >= 0.6 is 15.9 Å². The second-order valence-corrected chi connectivity index (χ2v) is 7.70. The average Bonchev–Trinajstić information content (AvgIpc) is 2.46. The van der Waals surface area contributed by atoms with Gasteiger partial charge in [-0.1, -0.05) is 28.1 Å². The van der Waals surface area contributed by atoms with Crippen LogP contribution in [0.15, 0.2) is 57.9 Å². The Kier molecular flexibility index (Phi) is 3.71. The number of hydrogen-bond acceptors (Lipinski definition) is 2. The van der Waals surface area contributed by atoms with Crippen molar-refractivity contribution in [3.63, 3.8) is 0 Å². The van der Waals surface area contributed by atoms with Crippen molar-refractivity contribution in [1.82, 2.24) is 0 Å². The van der Waals surface area contributed by atoms with Gasteiger partial charge in [-0.3, -0.25) is 0 Å². The third-order valence-electron chi connectivity index (χ3n) is 3.49. The maximum absolute atomic E-state index is 13.0. The predicted octanol–water partition coefficient (Wildman–Crippen LogP) is 4.35. The Labute approximate surface area is 131 Å². The van der Waals surface area contributed by atoms with E-state index in [1.54, 1.807) is 6.08 Å². The Morgan fingerprint density at radius 3 is 2.48 bits per heavy atom. The standard InChI is InChI=1S/C16H12BrFO2S/c17-12-4-9-15-11(10-12)2-1-3-16(15)21(19,20)14-7-5-13(18)6-8-14/h3-10H,1-2H2. The van der Waals surface area contributed by atoms with Crippen LogP contribution in [0.5, 0.6) is 0 Å². The second-order valence-electron chi connectivity index (χ2n) is 4.87. The zero-order valence-electron chi connectivity index (χ0n) is 11.0. The van der Waals surface area contributed by atoms with Crippen molar-refractivity contribution in [3.8, 4) is 0 Å². The molecule has 1 aliphatic rings. The summed E-state index contributed by atoms with van der Waals surface area (Å²) >= 11 is 3.40. The van der Waals surface area contributed by atoms with Crippen LogP contribution in [0.3, 0.4) is 0 Å². The lowest BCUT2D eigenvalue weighted by Crippen LogP contribution is -2.09. The van der Waals surface area contributed by atoms with Gasteiger partial charge >= 0.3 is 0 Å². The Morgan fingerprint density at radius 2 is 1.76 bits per heavy atom. The number of halogens is 2. The molecule has 0 bridgehead atoms. The highest BCUT2D eigenvalue weighted by atomic mass is 79.9. The summed E-state index contributed by atoms with van der Waals surface area (Å²) < 4.78 is 39.4. The zero-order valence-corrected chi connectivity index (χ0v) is 13.4. The minimum atomic E-state index is -3.63. The van der Waals surface area contributed by atoms with Crippen molar-refractivity contribution in [1.29, 1.82) is 0 Å². The molecule has 2 aromatic carbocycles. The highest BCUT2D eigenvalue weighted by Gasteiger charge is 2.26. The van der Waals surface area contributed by atoms with Crippen LogP contribution in [-0.4, -0.2) is 8.42 Å². The minimum Gasteiger partial charge on any atom is -0.219 e. The molecule has 0 amide bonds. The van der Waals surface area contributed by atoms with Crippen LogP contribution in [0.4, 0.5) is 4.39 Å². The molecule has 0 unspecified atom stereocenters. The Hall–Kier alpha value is -1.46. The molecule has 0 heterocycles. The summed E-state index contributed by atoms with van der Waals surface area (Å²) in [6, 6.07) is 10.5. The smallest absolute Gasteiger partial charge is 0.206 e. The van der Waals surface area contributed by atoms with Crippen LogP contribution in [0, 0.1) is 5.82 Å². The second kappa shape index (κ2) is 5.39. The quantitative estimate of drug-likeness (QED) is 0.740. The molecule has 0 fully saturated rings. The van der Waals surface area contributed by atoms with Crippen LogP contribution in [0.1, 0.15) is 17.5 Å². The lowest BCUT2D eigenvalue weighted by molar-refractivity contribution is 0.603. The molecule has 0 aliphatic heterocycles. The van der Waals surface area contributed by atoms with Gasteiger partial charge in [-0.05, 0) is 60.4 Å². The Bertz CT molecular complexity index is 824. The molecule has 0 saturated heterocycles. The summed E-state index contributed by atoms with van der Waals surface area (Å²) in [7, 11) is -3.63. The van der Waals surface area contributed by atoms with Gasteiger partial charge in [-0.25, -0.2) is 12.8 Å². The van der Waals surface area contributed by atoms with Crippen LogP contribution < -0.4 is 0 Å². The molecule has 0 aromatic heterocycles. The first-order chi connectivity index (χ1) is 9.98. The molecule has 0 saturated carbocycles. The molecular formula is C16H12BrFO2S. The molecule has 2 aromatic rings. The molecule has 0 spiro atoms. The number of fused-ring (bicyclic) bond motifs is 1. The number of allylic oxidation sites excluding steroid dienone is 1. The van der Waals surface area contributed by atoms with E-state index in [-0.39, 0.29) is 4.90 Å². The maximum Gasteiger partial charge on any atom is 0.206 e. The van der Waals surface area contributed by atoms with Crippen molar-refractivity contribution >= 4 is 30.7 Å². The van der Waals surface area contributed by atoms with E-state index in [0.29, 0.717) is 11.3 Å². The number of hydrogen-bond donors (Lipinski definition) is 0. The lowest BCUT2D eigenvalue weighted by atomic mass is 9.97. The minimum absolute atomic E-state index is 0.117. The molecule has 0 radical (unpaired) electrons. The third-order valence-corrected chi connectivity index (χ3v) is 5.84. The van der Waals surface area contributed by atoms with Gasteiger partial charge in [0.05, 0.1) is 9.80 Å². The average molecular weight is 367 g/mol. The van der Waals surface area contributed by atoms with E-state index < -0.39 is 15.7 Å². The van der Waals surface area contributed by atoms with Crippen LogP contribution in [0.2, 0.25) is 0 Å². The van der Waals surface area contributed by atoms with E-state index in [2.05, 4.69) is 15.9 Å². The van der Waals surface area contributed by atoms with Crippen molar-refractivity contribution in [3.05, 3.63) is 70.0 Å². The van der Waals surface area contributed by atoms with Gasteiger partial charge in [0, 0.05) is 4.47 Å². The number of rotatable bonds is 2. The Balaban J connectivity index is 2.12.